The minimum absolute atomic E-state index is 0.136. The second-order valence-corrected chi connectivity index (χ2v) is 6.75. The Morgan fingerprint density at radius 2 is 1.96 bits per heavy atom. The summed E-state index contributed by atoms with van der Waals surface area (Å²) in [4.78, 5) is 14.7. The van der Waals surface area contributed by atoms with Crippen molar-refractivity contribution >= 4 is 23.2 Å². The van der Waals surface area contributed by atoms with Gasteiger partial charge in [-0.1, -0.05) is 29.8 Å². The van der Waals surface area contributed by atoms with Gasteiger partial charge in [-0.3, -0.25) is 4.79 Å². The zero-order valence-corrected chi connectivity index (χ0v) is 15.8. The molecule has 138 valence electrons. The van der Waals surface area contributed by atoms with Crippen LogP contribution in [0.5, 0.6) is 11.5 Å². The molecule has 1 N–H and O–H groups in total. The van der Waals surface area contributed by atoms with Crippen molar-refractivity contribution < 1.29 is 14.3 Å². The number of anilines is 1. The minimum atomic E-state index is -0.184. The van der Waals surface area contributed by atoms with Crippen molar-refractivity contribution in [1.29, 1.82) is 0 Å². The summed E-state index contributed by atoms with van der Waals surface area (Å²) in [6.45, 7) is 3.68. The average Bonchev–Trinajstić information content (AvgIpc) is 2.91. The third-order valence-electron chi connectivity index (χ3n) is 4.45. The second kappa shape index (κ2) is 8.32. The molecule has 0 spiro atoms. The summed E-state index contributed by atoms with van der Waals surface area (Å²) in [7, 11) is 2.01. The molecule has 1 unspecified atom stereocenters. The number of benzene rings is 2. The summed E-state index contributed by atoms with van der Waals surface area (Å²) in [5.41, 5.74) is 1.57. The molecule has 1 atom stereocenters. The van der Waals surface area contributed by atoms with Gasteiger partial charge >= 0.3 is 0 Å². The van der Waals surface area contributed by atoms with E-state index in [4.69, 9.17) is 21.1 Å². The van der Waals surface area contributed by atoms with Crippen LogP contribution in [0.4, 0.5) is 5.69 Å². The summed E-state index contributed by atoms with van der Waals surface area (Å²) in [6, 6.07) is 13.5. The molecule has 0 saturated carbocycles. The Morgan fingerprint density at radius 3 is 2.73 bits per heavy atom. The first-order valence-corrected chi connectivity index (χ1v) is 9.09. The summed E-state index contributed by atoms with van der Waals surface area (Å²) < 4.78 is 11.2. The molecule has 0 bridgehead atoms. The van der Waals surface area contributed by atoms with E-state index in [1.54, 1.807) is 12.1 Å². The van der Waals surface area contributed by atoms with Crippen molar-refractivity contribution in [2.45, 2.75) is 19.4 Å². The van der Waals surface area contributed by atoms with Crippen LogP contribution in [0.15, 0.2) is 42.5 Å². The van der Waals surface area contributed by atoms with E-state index in [0.717, 1.165) is 12.1 Å². The maximum absolute atomic E-state index is 12.5. The van der Waals surface area contributed by atoms with Crippen molar-refractivity contribution in [3.63, 3.8) is 0 Å². The summed E-state index contributed by atoms with van der Waals surface area (Å²) in [6.07, 6.45) is 0.788. The number of para-hydroxylation sites is 1. The van der Waals surface area contributed by atoms with E-state index in [1.165, 1.54) is 0 Å². The summed E-state index contributed by atoms with van der Waals surface area (Å²) in [5.74, 6) is 0.850. The Bertz CT molecular complexity index is 767. The number of nitrogens with zero attached hydrogens (tertiary/aromatic N) is 1. The highest BCUT2D eigenvalue weighted by molar-refractivity contribution is 6.32. The van der Waals surface area contributed by atoms with E-state index in [9.17, 15) is 4.79 Å². The van der Waals surface area contributed by atoms with Crippen molar-refractivity contribution in [3.8, 4) is 11.5 Å². The Labute approximate surface area is 158 Å². The predicted octanol–water partition coefficient (Wildman–Crippen LogP) is 3.76. The van der Waals surface area contributed by atoms with Gasteiger partial charge in [0.05, 0.1) is 18.2 Å². The Hall–Kier alpha value is -2.40. The lowest BCUT2D eigenvalue weighted by atomic mass is 10.1. The van der Waals surface area contributed by atoms with Crippen LogP contribution in [-0.2, 0) is 0 Å². The lowest BCUT2D eigenvalue weighted by Crippen LogP contribution is -2.40. The third-order valence-corrected chi connectivity index (χ3v) is 4.73. The zero-order chi connectivity index (χ0) is 18.5. The Kier molecular flexibility index (Phi) is 5.89. The molecule has 1 heterocycles. The van der Waals surface area contributed by atoms with Gasteiger partial charge < -0.3 is 19.7 Å². The minimum Gasteiger partial charge on any atom is -0.489 e. The lowest BCUT2D eigenvalue weighted by Gasteiger charge is -2.27. The molecule has 3 rings (SSSR count). The first-order valence-electron chi connectivity index (χ1n) is 8.71. The van der Waals surface area contributed by atoms with Crippen LogP contribution < -0.4 is 19.7 Å². The first-order chi connectivity index (χ1) is 12.6. The van der Waals surface area contributed by atoms with Crippen LogP contribution in [0.3, 0.4) is 0 Å². The quantitative estimate of drug-likeness (QED) is 0.865. The molecule has 6 heteroatoms. The molecule has 26 heavy (non-hydrogen) atoms. The Morgan fingerprint density at radius 1 is 1.23 bits per heavy atom. The number of nitrogens with one attached hydrogen (secondary N) is 1. The van der Waals surface area contributed by atoms with Gasteiger partial charge in [0.1, 0.15) is 0 Å². The van der Waals surface area contributed by atoms with E-state index in [0.29, 0.717) is 41.8 Å². The van der Waals surface area contributed by atoms with E-state index < -0.39 is 0 Å². The van der Waals surface area contributed by atoms with Crippen molar-refractivity contribution in [2.75, 3.05) is 31.7 Å². The molecule has 0 radical (unpaired) electrons. The standard InChI is InChI=1S/C20H23ClN2O3/c1-14(23(2)16-7-4-3-5-8-16)13-22-20(24)15-11-17(21)19-18(12-15)25-9-6-10-26-19/h3-5,7-8,11-12,14H,6,9-10,13H2,1-2H3,(H,22,24). The van der Waals surface area contributed by atoms with Crippen LogP contribution in [0, 0.1) is 0 Å². The fourth-order valence-electron chi connectivity index (χ4n) is 2.76. The number of halogens is 1. The van der Waals surface area contributed by atoms with Crippen molar-refractivity contribution in [3.05, 3.63) is 53.1 Å². The molecule has 0 aromatic heterocycles. The van der Waals surface area contributed by atoms with Crippen LogP contribution in [0.2, 0.25) is 5.02 Å². The molecular formula is C20H23ClN2O3. The maximum atomic E-state index is 12.5. The molecule has 5 nitrogen and oxygen atoms in total. The molecule has 1 aliphatic rings. The number of hydrogen-bond acceptors (Lipinski definition) is 4. The molecule has 1 amide bonds. The molecule has 0 fully saturated rings. The van der Waals surface area contributed by atoms with Crippen molar-refractivity contribution in [1.82, 2.24) is 5.32 Å². The normalized spacial score (nSPS) is 14.3. The van der Waals surface area contributed by atoms with Gasteiger partial charge in [0.15, 0.2) is 11.5 Å². The maximum Gasteiger partial charge on any atom is 0.251 e. The van der Waals surface area contributed by atoms with Gasteiger partial charge in [0, 0.05) is 37.3 Å². The molecular weight excluding hydrogens is 352 g/mol. The van der Waals surface area contributed by atoms with Gasteiger partial charge in [-0.15, -0.1) is 0 Å². The SMILES string of the molecule is CC(CNC(=O)c1cc(Cl)c2c(c1)OCCCO2)N(C)c1ccccc1. The number of carbonyl (C=O) groups excluding carboxylic acids is 1. The largest absolute Gasteiger partial charge is 0.489 e. The van der Waals surface area contributed by atoms with Crippen LogP contribution in [0.1, 0.15) is 23.7 Å². The second-order valence-electron chi connectivity index (χ2n) is 6.34. The number of amides is 1. The molecule has 2 aromatic rings. The molecule has 2 aromatic carbocycles. The number of hydrogen-bond donors (Lipinski definition) is 1. The number of rotatable bonds is 5. The van der Waals surface area contributed by atoms with Gasteiger partial charge in [-0.2, -0.15) is 0 Å². The first kappa shape index (κ1) is 18.4. The third kappa shape index (κ3) is 4.22. The Balaban J connectivity index is 1.65. The highest BCUT2D eigenvalue weighted by Gasteiger charge is 2.19. The monoisotopic (exact) mass is 374 g/mol. The highest BCUT2D eigenvalue weighted by atomic mass is 35.5. The fourth-order valence-corrected chi connectivity index (χ4v) is 3.02. The number of ether oxygens (including phenoxy) is 2. The molecule has 0 saturated heterocycles. The van der Waals surface area contributed by atoms with E-state index in [1.807, 2.05) is 37.4 Å². The van der Waals surface area contributed by atoms with Gasteiger partial charge in [0.25, 0.3) is 5.91 Å². The zero-order valence-electron chi connectivity index (χ0n) is 15.0. The molecule has 0 aliphatic carbocycles. The van der Waals surface area contributed by atoms with E-state index in [2.05, 4.69) is 17.1 Å². The van der Waals surface area contributed by atoms with Crippen LogP contribution in [-0.4, -0.2) is 38.8 Å². The van der Waals surface area contributed by atoms with Gasteiger partial charge in [-0.25, -0.2) is 0 Å². The lowest BCUT2D eigenvalue weighted by molar-refractivity contribution is 0.0951. The van der Waals surface area contributed by atoms with Gasteiger partial charge in [-0.05, 0) is 31.2 Å². The van der Waals surface area contributed by atoms with Crippen LogP contribution >= 0.6 is 11.6 Å². The molecule has 1 aliphatic heterocycles. The predicted molar refractivity (Wildman–Crippen MR) is 104 cm³/mol. The van der Waals surface area contributed by atoms with Gasteiger partial charge in [0.2, 0.25) is 0 Å². The van der Waals surface area contributed by atoms with E-state index in [-0.39, 0.29) is 11.9 Å². The average molecular weight is 375 g/mol. The number of fused-ring (bicyclic) bond motifs is 1. The highest BCUT2D eigenvalue weighted by Crippen LogP contribution is 2.37. The number of carbonyl (C=O) groups is 1. The van der Waals surface area contributed by atoms with Crippen LogP contribution in [0.25, 0.3) is 0 Å². The fraction of sp³-hybridized carbons (Fsp3) is 0.350. The number of likely N-dealkylation sites (N-methyl/N-ethyl adjacent to an activating group) is 1. The summed E-state index contributed by atoms with van der Waals surface area (Å²) in [5, 5.41) is 3.36. The van der Waals surface area contributed by atoms with E-state index >= 15 is 0 Å². The summed E-state index contributed by atoms with van der Waals surface area (Å²) >= 11 is 6.26. The van der Waals surface area contributed by atoms with Crippen molar-refractivity contribution in [2.24, 2.45) is 0 Å². The topological polar surface area (TPSA) is 50.8 Å². The smallest absolute Gasteiger partial charge is 0.251 e.